The number of ether oxygens (including phenoxy) is 3. The van der Waals surface area contributed by atoms with Crippen LogP contribution in [0.2, 0.25) is 0 Å². The summed E-state index contributed by atoms with van der Waals surface area (Å²) < 4.78 is 27.8. The molecule has 7 nitrogen and oxygen atoms in total. The average molecular weight is 500 g/mol. The van der Waals surface area contributed by atoms with Crippen LogP contribution in [0.5, 0.6) is 5.88 Å². The van der Waals surface area contributed by atoms with E-state index in [4.69, 9.17) is 14.2 Å². The maximum absolute atomic E-state index is 11.9. The zero-order chi connectivity index (χ0) is 26.0. The van der Waals surface area contributed by atoms with E-state index < -0.39 is 12.2 Å². The Kier molecular flexibility index (Phi) is 10.0. The predicted octanol–water partition coefficient (Wildman–Crippen LogP) is 5.23. The van der Waals surface area contributed by atoms with E-state index in [1.165, 1.54) is 5.06 Å². The third-order valence-electron chi connectivity index (χ3n) is 6.08. The van der Waals surface area contributed by atoms with Crippen LogP contribution in [0.4, 0.5) is 10.1 Å². The summed E-state index contributed by atoms with van der Waals surface area (Å²) in [5.41, 5.74) is 3.45. The first-order valence-corrected chi connectivity index (χ1v) is 12.3. The van der Waals surface area contributed by atoms with Crippen LogP contribution in [0.15, 0.2) is 54.2 Å². The number of hydrogen-bond acceptors (Lipinski definition) is 7. The van der Waals surface area contributed by atoms with Gasteiger partial charge in [0.25, 0.3) is 0 Å². The van der Waals surface area contributed by atoms with Crippen LogP contribution in [0.1, 0.15) is 38.8 Å². The molecule has 8 heteroatoms. The Morgan fingerprint density at radius 1 is 0.917 bits per heavy atom. The second-order valence-electron chi connectivity index (χ2n) is 9.69. The molecule has 0 atom stereocenters. The maximum atomic E-state index is 11.9. The minimum Gasteiger partial charge on any atom is -0.475 e. The van der Waals surface area contributed by atoms with Crippen molar-refractivity contribution in [3.63, 3.8) is 0 Å². The van der Waals surface area contributed by atoms with Crippen molar-refractivity contribution in [1.82, 2.24) is 10.0 Å². The second kappa shape index (κ2) is 13.0. The van der Waals surface area contributed by atoms with Gasteiger partial charge in [-0.2, -0.15) is 5.06 Å². The third kappa shape index (κ3) is 7.86. The Morgan fingerprint density at radius 3 is 2.17 bits per heavy atom. The van der Waals surface area contributed by atoms with Gasteiger partial charge in [0, 0.05) is 24.5 Å². The smallest absolute Gasteiger partial charge is 0.213 e. The maximum Gasteiger partial charge on any atom is 0.213 e. The van der Waals surface area contributed by atoms with Crippen LogP contribution in [0, 0.1) is 0 Å². The van der Waals surface area contributed by atoms with E-state index in [0.29, 0.717) is 38.9 Å². The van der Waals surface area contributed by atoms with Crippen LogP contribution in [-0.2, 0) is 9.47 Å². The van der Waals surface area contributed by atoms with Gasteiger partial charge in [0.2, 0.25) is 5.88 Å². The van der Waals surface area contributed by atoms with Gasteiger partial charge in [-0.15, -0.1) is 0 Å². The molecule has 0 radical (unpaired) electrons. The summed E-state index contributed by atoms with van der Waals surface area (Å²) in [7, 11) is 0. The largest absolute Gasteiger partial charge is 0.475 e. The fraction of sp³-hybridized carbons (Fsp3) is 0.464. The second-order valence-corrected chi connectivity index (χ2v) is 9.69. The molecule has 196 valence electrons. The summed E-state index contributed by atoms with van der Waals surface area (Å²) in [5, 5.41) is 15.3. The average Bonchev–Trinajstić information content (AvgIpc) is 3.03. The highest BCUT2D eigenvalue weighted by Gasteiger charge is 2.44. The Bertz CT molecular complexity index is 1000. The molecule has 3 rings (SSSR count). The van der Waals surface area contributed by atoms with Crippen LogP contribution in [0.25, 0.3) is 12.2 Å². The van der Waals surface area contributed by atoms with Crippen LogP contribution in [-0.4, -0.2) is 72.6 Å². The van der Waals surface area contributed by atoms with E-state index in [-0.39, 0.29) is 12.1 Å². The van der Waals surface area contributed by atoms with Gasteiger partial charge in [0.05, 0.1) is 37.5 Å². The molecule has 2 heterocycles. The third-order valence-corrected chi connectivity index (χ3v) is 6.08. The Morgan fingerprint density at radius 2 is 1.56 bits per heavy atom. The van der Waals surface area contributed by atoms with Crippen LogP contribution in [0.3, 0.4) is 0 Å². The van der Waals surface area contributed by atoms with Gasteiger partial charge in [-0.1, -0.05) is 30.4 Å². The lowest BCUT2D eigenvalue weighted by Gasteiger charge is -2.36. The lowest BCUT2D eigenvalue weighted by Crippen LogP contribution is -2.48. The molecule has 1 aromatic heterocycles. The molecule has 2 aromatic rings. The van der Waals surface area contributed by atoms with Crippen LogP contribution < -0.4 is 10.1 Å². The fourth-order valence-corrected chi connectivity index (χ4v) is 4.05. The number of hydrogen-bond donors (Lipinski definition) is 2. The number of aromatic nitrogens is 1. The van der Waals surface area contributed by atoms with Crippen molar-refractivity contribution in [2.24, 2.45) is 0 Å². The summed E-state index contributed by atoms with van der Waals surface area (Å²) in [4.78, 5) is 4.32. The lowest BCUT2D eigenvalue weighted by molar-refractivity contribution is -0.185. The topological polar surface area (TPSA) is 76.1 Å². The molecule has 0 unspecified atom stereocenters. The minimum absolute atomic E-state index is 0.105. The zero-order valence-corrected chi connectivity index (χ0v) is 21.7. The number of halogens is 1. The molecule has 2 N–H and O–H groups in total. The highest BCUT2D eigenvalue weighted by molar-refractivity contribution is 5.70. The van der Waals surface area contributed by atoms with E-state index >= 15 is 0 Å². The van der Waals surface area contributed by atoms with Gasteiger partial charge in [0.1, 0.15) is 13.3 Å². The van der Waals surface area contributed by atoms with Crippen molar-refractivity contribution in [2.75, 3.05) is 51.6 Å². The molecular formula is C28H38FN3O4. The first kappa shape index (κ1) is 27.8. The number of nitrogens with zero attached hydrogens (tertiary/aromatic N) is 2. The van der Waals surface area contributed by atoms with E-state index in [0.717, 1.165) is 22.4 Å². The SMILES string of the molecule is CC1(C)C=C(CNc2ccc(/C=C/c3ccc(OCCOCCOCCF)nc3)cc2)C(C)(C)N1O. The van der Waals surface area contributed by atoms with Gasteiger partial charge in [-0.25, -0.2) is 9.37 Å². The van der Waals surface area contributed by atoms with Crippen molar-refractivity contribution in [3.05, 3.63) is 65.4 Å². The summed E-state index contributed by atoms with van der Waals surface area (Å²) in [5.74, 6) is 0.535. The van der Waals surface area contributed by atoms with Gasteiger partial charge in [-0.3, -0.25) is 0 Å². The predicted molar refractivity (Wildman–Crippen MR) is 141 cm³/mol. The quantitative estimate of drug-likeness (QED) is 0.272. The number of alkyl halides is 1. The van der Waals surface area contributed by atoms with Crippen molar-refractivity contribution < 1.29 is 23.8 Å². The Hall–Kier alpha value is -2.78. The van der Waals surface area contributed by atoms with Gasteiger partial charge < -0.3 is 24.7 Å². The first-order chi connectivity index (χ1) is 17.2. The monoisotopic (exact) mass is 499 g/mol. The molecule has 1 aromatic carbocycles. The van der Waals surface area contributed by atoms with Gasteiger partial charge >= 0.3 is 0 Å². The highest BCUT2D eigenvalue weighted by Crippen LogP contribution is 2.38. The molecular weight excluding hydrogens is 461 g/mol. The molecule has 1 aliphatic rings. The minimum atomic E-state index is -0.480. The van der Waals surface area contributed by atoms with E-state index in [9.17, 15) is 9.60 Å². The standard InChI is InChI=1S/C28H38FN3O4/c1-27(2)19-24(28(3,4)32(27)33)21-30-25-10-7-22(8-11-25)5-6-23-9-12-26(31-20-23)36-18-17-35-16-15-34-14-13-29/h5-12,19-20,30,33H,13-18,21H2,1-4H3/b6-5+. The Balaban J connectivity index is 1.41. The van der Waals surface area contributed by atoms with E-state index in [2.05, 4.69) is 40.6 Å². The summed E-state index contributed by atoms with van der Waals surface area (Å²) in [6.07, 6.45) is 7.93. The van der Waals surface area contributed by atoms with Crippen molar-refractivity contribution in [2.45, 2.75) is 38.8 Å². The molecule has 36 heavy (non-hydrogen) atoms. The molecule has 0 saturated heterocycles. The lowest BCUT2D eigenvalue weighted by atomic mass is 9.96. The number of rotatable bonds is 14. The molecule has 0 saturated carbocycles. The number of pyridine rings is 1. The summed E-state index contributed by atoms with van der Waals surface area (Å²) >= 11 is 0. The van der Waals surface area contributed by atoms with Crippen molar-refractivity contribution >= 4 is 17.8 Å². The molecule has 1 aliphatic heterocycles. The number of hydroxylamine groups is 2. The number of nitrogens with one attached hydrogen (secondary N) is 1. The zero-order valence-electron chi connectivity index (χ0n) is 21.7. The fourth-order valence-electron chi connectivity index (χ4n) is 4.05. The molecule has 0 fully saturated rings. The first-order valence-electron chi connectivity index (χ1n) is 12.3. The van der Waals surface area contributed by atoms with Gasteiger partial charge in [0.15, 0.2) is 0 Å². The Labute approximate surface area is 213 Å². The summed E-state index contributed by atoms with van der Waals surface area (Å²) in [6, 6.07) is 12.0. The normalized spacial score (nSPS) is 16.9. The van der Waals surface area contributed by atoms with Crippen LogP contribution >= 0.6 is 0 Å². The van der Waals surface area contributed by atoms with Crippen molar-refractivity contribution in [3.8, 4) is 5.88 Å². The van der Waals surface area contributed by atoms with E-state index in [1.807, 2.05) is 52.0 Å². The highest BCUT2D eigenvalue weighted by atomic mass is 19.1. The van der Waals surface area contributed by atoms with Crippen molar-refractivity contribution in [1.29, 1.82) is 0 Å². The molecule has 0 spiro atoms. The molecule has 0 bridgehead atoms. The van der Waals surface area contributed by atoms with Gasteiger partial charge in [-0.05, 0) is 62.6 Å². The van der Waals surface area contributed by atoms with E-state index in [1.54, 1.807) is 6.20 Å². The summed E-state index contributed by atoms with van der Waals surface area (Å²) in [6.45, 7) is 9.96. The number of benzene rings is 1. The molecule has 0 amide bonds. The number of anilines is 1. The molecule has 0 aliphatic carbocycles.